The summed E-state index contributed by atoms with van der Waals surface area (Å²) < 4.78 is 4.88. The standard InChI is InChI=1S/C15H31N3O2/c1-5-18(11-7-10-17(2)3)13-8-6-9-15(16,12-13)14(19)20-4/h13H,5-12,16H2,1-4H3. The van der Waals surface area contributed by atoms with Crippen molar-refractivity contribution in [3.05, 3.63) is 0 Å². The van der Waals surface area contributed by atoms with Crippen molar-refractivity contribution in [1.82, 2.24) is 9.80 Å². The second-order valence-corrected chi connectivity index (χ2v) is 6.18. The Morgan fingerprint density at radius 3 is 2.65 bits per heavy atom. The molecule has 20 heavy (non-hydrogen) atoms. The molecule has 0 heterocycles. The molecule has 1 fully saturated rings. The minimum absolute atomic E-state index is 0.258. The molecule has 1 aliphatic carbocycles. The van der Waals surface area contributed by atoms with Crippen LogP contribution >= 0.6 is 0 Å². The first kappa shape index (κ1) is 17.4. The number of carbonyl (C=O) groups is 1. The first-order valence-corrected chi connectivity index (χ1v) is 7.69. The molecule has 5 nitrogen and oxygen atoms in total. The van der Waals surface area contributed by atoms with E-state index in [0.717, 1.165) is 51.7 Å². The van der Waals surface area contributed by atoms with Gasteiger partial charge in [-0.15, -0.1) is 0 Å². The van der Waals surface area contributed by atoms with Gasteiger partial charge in [0.2, 0.25) is 0 Å². The van der Waals surface area contributed by atoms with E-state index in [4.69, 9.17) is 10.5 Å². The molecular weight excluding hydrogens is 254 g/mol. The molecule has 2 atom stereocenters. The molecule has 0 aromatic carbocycles. The number of hydrogen-bond acceptors (Lipinski definition) is 5. The van der Waals surface area contributed by atoms with E-state index < -0.39 is 5.54 Å². The maximum Gasteiger partial charge on any atom is 0.325 e. The van der Waals surface area contributed by atoms with Crippen molar-refractivity contribution in [2.24, 2.45) is 5.73 Å². The summed E-state index contributed by atoms with van der Waals surface area (Å²) in [6.07, 6.45) is 4.74. The first-order valence-electron chi connectivity index (χ1n) is 7.69. The van der Waals surface area contributed by atoms with Gasteiger partial charge in [-0.05, 0) is 65.8 Å². The Morgan fingerprint density at radius 1 is 1.40 bits per heavy atom. The van der Waals surface area contributed by atoms with Gasteiger partial charge in [0.15, 0.2) is 0 Å². The number of rotatable bonds is 7. The van der Waals surface area contributed by atoms with Crippen LogP contribution < -0.4 is 5.73 Å². The third-order valence-electron chi connectivity index (χ3n) is 4.33. The topological polar surface area (TPSA) is 58.8 Å². The minimum atomic E-state index is -0.785. The van der Waals surface area contributed by atoms with Gasteiger partial charge in [-0.25, -0.2) is 0 Å². The summed E-state index contributed by atoms with van der Waals surface area (Å²) in [6.45, 7) is 5.35. The van der Waals surface area contributed by atoms with Crippen molar-refractivity contribution >= 4 is 5.97 Å². The SMILES string of the molecule is CCN(CCCN(C)C)C1CCCC(N)(C(=O)OC)C1. The molecule has 2 unspecified atom stereocenters. The second kappa shape index (κ2) is 7.96. The fourth-order valence-corrected chi connectivity index (χ4v) is 3.17. The number of carbonyl (C=O) groups excluding carboxylic acids is 1. The Kier molecular flexibility index (Phi) is 6.92. The number of esters is 1. The average Bonchev–Trinajstić information content (AvgIpc) is 2.42. The molecule has 0 aromatic heterocycles. The Bertz CT molecular complexity index is 309. The van der Waals surface area contributed by atoms with Gasteiger partial charge in [-0.1, -0.05) is 6.92 Å². The number of nitrogens with two attached hydrogens (primary N) is 1. The van der Waals surface area contributed by atoms with E-state index in [1.54, 1.807) is 0 Å². The maximum absolute atomic E-state index is 11.9. The summed E-state index contributed by atoms with van der Waals surface area (Å²) in [5, 5.41) is 0. The zero-order valence-corrected chi connectivity index (χ0v) is 13.5. The number of hydrogen-bond donors (Lipinski definition) is 1. The van der Waals surface area contributed by atoms with Gasteiger partial charge in [0, 0.05) is 6.04 Å². The molecule has 1 saturated carbocycles. The summed E-state index contributed by atoms with van der Waals surface area (Å²) >= 11 is 0. The molecule has 5 heteroatoms. The van der Waals surface area contributed by atoms with Crippen LogP contribution in [0.5, 0.6) is 0 Å². The molecule has 0 amide bonds. The lowest BCUT2D eigenvalue weighted by Gasteiger charge is -2.41. The highest BCUT2D eigenvalue weighted by atomic mass is 16.5. The molecule has 2 N–H and O–H groups in total. The Morgan fingerprint density at radius 2 is 2.10 bits per heavy atom. The molecule has 0 saturated heterocycles. The molecule has 0 radical (unpaired) electrons. The minimum Gasteiger partial charge on any atom is -0.468 e. The maximum atomic E-state index is 11.9. The fourth-order valence-electron chi connectivity index (χ4n) is 3.17. The van der Waals surface area contributed by atoms with Crippen molar-refractivity contribution < 1.29 is 9.53 Å². The average molecular weight is 285 g/mol. The van der Waals surface area contributed by atoms with E-state index in [9.17, 15) is 4.79 Å². The normalized spacial score (nSPS) is 27.1. The summed E-state index contributed by atoms with van der Waals surface area (Å²) in [7, 11) is 5.62. The lowest BCUT2D eigenvalue weighted by Crippen LogP contribution is -2.56. The van der Waals surface area contributed by atoms with Crippen LogP contribution in [0.1, 0.15) is 39.0 Å². The van der Waals surface area contributed by atoms with Crippen LogP contribution in [-0.2, 0) is 9.53 Å². The smallest absolute Gasteiger partial charge is 0.325 e. The number of ether oxygens (including phenoxy) is 1. The predicted molar refractivity (Wildman–Crippen MR) is 81.6 cm³/mol. The Balaban J connectivity index is 2.57. The third kappa shape index (κ3) is 4.72. The third-order valence-corrected chi connectivity index (χ3v) is 4.33. The summed E-state index contributed by atoms with van der Waals surface area (Å²) in [5.74, 6) is -0.258. The predicted octanol–water partition coefficient (Wildman–Crippen LogP) is 1.07. The molecular formula is C15H31N3O2. The van der Waals surface area contributed by atoms with Gasteiger partial charge in [0.1, 0.15) is 5.54 Å². The summed E-state index contributed by atoms with van der Waals surface area (Å²) in [6, 6.07) is 0.403. The second-order valence-electron chi connectivity index (χ2n) is 6.18. The Labute approximate surface area is 123 Å². The zero-order chi connectivity index (χ0) is 15.2. The van der Waals surface area contributed by atoms with Gasteiger partial charge >= 0.3 is 5.97 Å². The highest BCUT2D eigenvalue weighted by molar-refractivity contribution is 5.80. The Hall–Kier alpha value is -0.650. The molecule has 118 valence electrons. The number of nitrogens with zero attached hydrogens (tertiary/aromatic N) is 2. The van der Waals surface area contributed by atoms with Crippen LogP contribution in [-0.4, -0.2) is 68.2 Å². The number of methoxy groups -OCH3 is 1. The van der Waals surface area contributed by atoms with E-state index >= 15 is 0 Å². The van der Waals surface area contributed by atoms with Crippen LogP contribution in [0.25, 0.3) is 0 Å². The van der Waals surface area contributed by atoms with Crippen molar-refractivity contribution in [2.45, 2.75) is 50.6 Å². The van der Waals surface area contributed by atoms with Crippen molar-refractivity contribution in [1.29, 1.82) is 0 Å². The summed E-state index contributed by atoms with van der Waals surface area (Å²) in [4.78, 5) is 16.5. The molecule has 0 aliphatic heterocycles. The van der Waals surface area contributed by atoms with E-state index in [0.29, 0.717) is 6.04 Å². The van der Waals surface area contributed by atoms with E-state index in [2.05, 4.69) is 30.8 Å². The summed E-state index contributed by atoms with van der Waals surface area (Å²) in [5.41, 5.74) is 5.48. The molecule has 0 aromatic rings. The van der Waals surface area contributed by atoms with E-state index in [1.165, 1.54) is 7.11 Å². The van der Waals surface area contributed by atoms with Crippen LogP contribution in [0.4, 0.5) is 0 Å². The van der Waals surface area contributed by atoms with Gasteiger partial charge in [0.05, 0.1) is 7.11 Å². The van der Waals surface area contributed by atoms with E-state index in [-0.39, 0.29) is 5.97 Å². The highest BCUT2D eigenvalue weighted by Crippen LogP contribution is 2.30. The van der Waals surface area contributed by atoms with Crippen molar-refractivity contribution in [3.63, 3.8) is 0 Å². The van der Waals surface area contributed by atoms with Crippen LogP contribution in [0.15, 0.2) is 0 Å². The zero-order valence-electron chi connectivity index (χ0n) is 13.5. The van der Waals surface area contributed by atoms with E-state index in [1.807, 2.05) is 0 Å². The monoisotopic (exact) mass is 285 g/mol. The molecule has 1 aliphatic rings. The van der Waals surface area contributed by atoms with Crippen molar-refractivity contribution in [3.8, 4) is 0 Å². The van der Waals surface area contributed by atoms with Crippen LogP contribution in [0.3, 0.4) is 0 Å². The molecule has 0 bridgehead atoms. The first-order chi connectivity index (χ1) is 9.42. The van der Waals surface area contributed by atoms with Crippen LogP contribution in [0, 0.1) is 0 Å². The van der Waals surface area contributed by atoms with Gasteiger partial charge in [-0.3, -0.25) is 4.79 Å². The molecule has 0 spiro atoms. The lowest BCUT2D eigenvalue weighted by molar-refractivity contribution is -0.149. The fraction of sp³-hybridized carbons (Fsp3) is 0.933. The van der Waals surface area contributed by atoms with Gasteiger partial charge < -0.3 is 20.3 Å². The van der Waals surface area contributed by atoms with Crippen molar-refractivity contribution in [2.75, 3.05) is 40.8 Å². The molecule has 1 rings (SSSR count). The lowest BCUT2D eigenvalue weighted by atomic mass is 9.79. The largest absolute Gasteiger partial charge is 0.468 e. The quantitative estimate of drug-likeness (QED) is 0.709. The highest BCUT2D eigenvalue weighted by Gasteiger charge is 2.41. The van der Waals surface area contributed by atoms with Gasteiger partial charge in [0.25, 0.3) is 0 Å². The van der Waals surface area contributed by atoms with Crippen LogP contribution in [0.2, 0.25) is 0 Å². The van der Waals surface area contributed by atoms with Gasteiger partial charge in [-0.2, -0.15) is 0 Å².